The van der Waals surface area contributed by atoms with E-state index in [2.05, 4.69) is 6.58 Å². The van der Waals surface area contributed by atoms with Crippen molar-refractivity contribution in [3.63, 3.8) is 0 Å². The van der Waals surface area contributed by atoms with Gasteiger partial charge in [-0.25, -0.2) is 13.6 Å². The van der Waals surface area contributed by atoms with Gasteiger partial charge in [0.2, 0.25) is 10.0 Å². The van der Waals surface area contributed by atoms with E-state index in [1.54, 1.807) is 30.3 Å². The fourth-order valence-electron chi connectivity index (χ4n) is 1.89. The Morgan fingerprint density at radius 1 is 1.17 bits per heavy atom. The molecule has 0 atom stereocenters. The highest BCUT2D eigenvalue weighted by Crippen LogP contribution is 2.23. The molecule has 0 aliphatic rings. The molecule has 5 nitrogen and oxygen atoms in total. The molecule has 23 heavy (non-hydrogen) atoms. The minimum absolute atomic E-state index is 0.0303. The smallest absolute Gasteiger partial charge is 0.239 e. The Hall–Kier alpha value is -2.15. The molecule has 0 saturated carbocycles. The zero-order chi connectivity index (χ0) is 17.0. The van der Waals surface area contributed by atoms with E-state index in [-0.39, 0.29) is 21.3 Å². The van der Waals surface area contributed by atoms with Crippen molar-refractivity contribution in [3.8, 4) is 5.75 Å². The van der Waals surface area contributed by atoms with Crippen LogP contribution >= 0.6 is 11.6 Å². The number of carbonyl (C=O) groups is 1. The van der Waals surface area contributed by atoms with Crippen LogP contribution in [0.4, 0.5) is 0 Å². The van der Waals surface area contributed by atoms with E-state index in [1.165, 1.54) is 18.2 Å². The van der Waals surface area contributed by atoms with Crippen LogP contribution in [0.3, 0.4) is 0 Å². The molecule has 0 radical (unpaired) electrons. The number of carbonyl (C=O) groups excluding carboxylic acids is 1. The molecule has 0 aromatic heterocycles. The largest absolute Gasteiger partial charge is 0.490 e. The first-order valence-corrected chi connectivity index (χ1v) is 8.46. The Morgan fingerprint density at radius 2 is 1.78 bits per heavy atom. The molecule has 2 aromatic carbocycles. The second-order valence-corrected chi connectivity index (χ2v) is 6.58. The molecule has 0 heterocycles. The van der Waals surface area contributed by atoms with Crippen molar-refractivity contribution in [2.45, 2.75) is 4.90 Å². The molecule has 2 rings (SSSR count). The highest BCUT2D eigenvalue weighted by Gasteiger charge is 2.17. The van der Waals surface area contributed by atoms with Gasteiger partial charge < -0.3 is 4.74 Å². The van der Waals surface area contributed by atoms with E-state index in [1.807, 2.05) is 0 Å². The number of hydrogen-bond acceptors (Lipinski definition) is 4. The van der Waals surface area contributed by atoms with Crippen LogP contribution in [0.15, 0.2) is 60.0 Å². The molecule has 0 amide bonds. The summed E-state index contributed by atoms with van der Waals surface area (Å²) in [6.45, 7) is 3.91. The van der Waals surface area contributed by atoms with Crippen LogP contribution in [0.2, 0.25) is 5.02 Å². The van der Waals surface area contributed by atoms with Gasteiger partial charge in [0.05, 0.1) is 5.02 Å². The van der Waals surface area contributed by atoms with Gasteiger partial charge in [-0.1, -0.05) is 24.3 Å². The lowest BCUT2D eigenvalue weighted by Crippen LogP contribution is -2.14. The van der Waals surface area contributed by atoms with Crippen LogP contribution in [0, 0.1) is 0 Å². The van der Waals surface area contributed by atoms with Crippen molar-refractivity contribution in [3.05, 3.63) is 71.3 Å². The molecule has 2 aromatic rings. The first kappa shape index (κ1) is 17.2. The first-order chi connectivity index (χ1) is 10.8. The monoisotopic (exact) mass is 351 g/mol. The van der Waals surface area contributed by atoms with Crippen molar-refractivity contribution in [2.75, 3.05) is 6.61 Å². The molecule has 7 heteroatoms. The van der Waals surface area contributed by atoms with Crippen LogP contribution in [0.5, 0.6) is 5.75 Å². The fraction of sp³-hybridized carbons (Fsp3) is 0.0625. The van der Waals surface area contributed by atoms with Gasteiger partial charge in [-0.2, -0.15) is 0 Å². The minimum Gasteiger partial charge on any atom is -0.490 e. The maximum absolute atomic E-state index is 12.4. The van der Waals surface area contributed by atoms with E-state index in [9.17, 15) is 13.2 Å². The second-order valence-electron chi connectivity index (χ2n) is 4.64. The number of benzene rings is 2. The van der Waals surface area contributed by atoms with Crippen molar-refractivity contribution >= 4 is 27.4 Å². The van der Waals surface area contributed by atoms with E-state index >= 15 is 0 Å². The number of rotatable bonds is 6. The molecule has 0 aliphatic heterocycles. The van der Waals surface area contributed by atoms with Crippen LogP contribution in [-0.2, 0) is 10.0 Å². The van der Waals surface area contributed by atoms with E-state index in [0.717, 1.165) is 0 Å². The summed E-state index contributed by atoms with van der Waals surface area (Å²) in [6, 6.07) is 10.4. The molecule has 0 bridgehead atoms. The normalized spacial score (nSPS) is 11.0. The quantitative estimate of drug-likeness (QED) is 0.640. The molecule has 0 saturated heterocycles. The van der Waals surface area contributed by atoms with Crippen LogP contribution < -0.4 is 9.88 Å². The van der Waals surface area contributed by atoms with Gasteiger partial charge in [0, 0.05) is 11.1 Å². The predicted octanol–water partition coefficient (Wildman–Crippen LogP) is 2.78. The number of nitrogens with two attached hydrogens (primary N) is 1. The lowest BCUT2D eigenvalue weighted by Gasteiger charge is -2.07. The van der Waals surface area contributed by atoms with Gasteiger partial charge in [-0.05, 0) is 42.5 Å². The van der Waals surface area contributed by atoms with E-state index < -0.39 is 10.0 Å². The molecular formula is C16H14ClNO4S. The van der Waals surface area contributed by atoms with Crippen LogP contribution in [0.25, 0.3) is 0 Å². The maximum atomic E-state index is 12.4. The Morgan fingerprint density at radius 3 is 2.35 bits per heavy atom. The zero-order valence-corrected chi connectivity index (χ0v) is 13.6. The van der Waals surface area contributed by atoms with E-state index in [4.69, 9.17) is 21.5 Å². The van der Waals surface area contributed by atoms with Gasteiger partial charge >= 0.3 is 0 Å². The molecular weight excluding hydrogens is 338 g/mol. The average molecular weight is 352 g/mol. The van der Waals surface area contributed by atoms with Crippen molar-refractivity contribution in [2.24, 2.45) is 5.14 Å². The standard InChI is InChI=1S/C16H14ClNO4S/c1-2-9-22-13-6-3-11(4-7-13)16(19)12-5-8-14(17)15(10-12)23(18,20)21/h2-8,10H,1,9H2,(H2,18,20,21). The lowest BCUT2D eigenvalue weighted by atomic mass is 10.0. The van der Waals surface area contributed by atoms with Gasteiger partial charge in [-0.3, -0.25) is 4.79 Å². The number of sulfonamides is 1. The predicted molar refractivity (Wildman–Crippen MR) is 88.4 cm³/mol. The molecule has 2 N–H and O–H groups in total. The van der Waals surface area contributed by atoms with Crippen LogP contribution in [0.1, 0.15) is 15.9 Å². The van der Waals surface area contributed by atoms with Crippen LogP contribution in [-0.4, -0.2) is 20.8 Å². The molecule has 0 unspecified atom stereocenters. The Labute approximate surface area is 139 Å². The summed E-state index contributed by atoms with van der Waals surface area (Å²) >= 11 is 5.81. The summed E-state index contributed by atoms with van der Waals surface area (Å²) < 4.78 is 28.3. The number of ether oxygens (including phenoxy) is 1. The van der Waals surface area contributed by atoms with Gasteiger partial charge in [-0.15, -0.1) is 0 Å². The molecule has 120 valence electrons. The molecule has 0 fully saturated rings. The average Bonchev–Trinajstić information content (AvgIpc) is 2.52. The Balaban J connectivity index is 2.32. The van der Waals surface area contributed by atoms with Crippen molar-refractivity contribution in [1.82, 2.24) is 0 Å². The summed E-state index contributed by atoms with van der Waals surface area (Å²) in [5.74, 6) is 0.254. The molecule has 0 spiro atoms. The highest BCUT2D eigenvalue weighted by atomic mass is 35.5. The van der Waals surface area contributed by atoms with Crippen molar-refractivity contribution < 1.29 is 17.9 Å². The summed E-state index contributed by atoms with van der Waals surface area (Å²) in [5.41, 5.74) is 0.567. The topological polar surface area (TPSA) is 86.5 Å². The number of primary sulfonamides is 1. The third kappa shape index (κ3) is 4.19. The van der Waals surface area contributed by atoms with Crippen molar-refractivity contribution in [1.29, 1.82) is 0 Å². The SMILES string of the molecule is C=CCOc1ccc(C(=O)c2ccc(Cl)c(S(N)(=O)=O)c2)cc1. The first-order valence-electron chi connectivity index (χ1n) is 6.53. The summed E-state index contributed by atoms with van der Waals surface area (Å²) in [5, 5.41) is 5.05. The lowest BCUT2D eigenvalue weighted by molar-refractivity contribution is 0.103. The Kier molecular flexibility index (Phi) is 5.20. The molecule has 0 aliphatic carbocycles. The number of ketones is 1. The van der Waals surface area contributed by atoms with Gasteiger partial charge in [0.25, 0.3) is 0 Å². The van der Waals surface area contributed by atoms with Gasteiger partial charge in [0.15, 0.2) is 5.78 Å². The highest BCUT2D eigenvalue weighted by molar-refractivity contribution is 7.89. The second kappa shape index (κ2) is 6.95. The number of halogens is 1. The fourth-order valence-corrected chi connectivity index (χ4v) is 2.96. The zero-order valence-electron chi connectivity index (χ0n) is 12.0. The summed E-state index contributed by atoms with van der Waals surface area (Å²) in [4.78, 5) is 12.1. The maximum Gasteiger partial charge on any atom is 0.239 e. The van der Waals surface area contributed by atoms with Gasteiger partial charge in [0.1, 0.15) is 17.3 Å². The summed E-state index contributed by atoms with van der Waals surface area (Å²) in [7, 11) is -4.00. The minimum atomic E-state index is -4.00. The number of hydrogen-bond donors (Lipinski definition) is 1. The third-order valence-corrected chi connectivity index (χ3v) is 4.38. The Bertz CT molecular complexity index is 845. The third-order valence-electron chi connectivity index (χ3n) is 2.98. The summed E-state index contributed by atoms with van der Waals surface area (Å²) in [6.07, 6.45) is 1.61. The van der Waals surface area contributed by atoms with E-state index in [0.29, 0.717) is 17.9 Å².